The fraction of sp³-hybridized carbons (Fsp3) is 0.366. The van der Waals surface area contributed by atoms with E-state index >= 15 is 0 Å². The molecule has 0 aliphatic carbocycles. The monoisotopic (exact) mass is 634 g/mol. The molecule has 47 heavy (non-hydrogen) atoms. The first-order valence-electron chi connectivity index (χ1n) is 16.8. The van der Waals surface area contributed by atoms with E-state index in [4.69, 9.17) is 4.98 Å². The van der Waals surface area contributed by atoms with Crippen LogP contribution in [0.1, 0.15) is 91.4 Å². The zero-order valence-electron chi connectivity index (χ0n) is 29.9. The van der Waals surface area contributed by atoms with Crippen LogP contribution in [0.15, 0.2) is 73.2 Å². The number of Topliss-reactive ketones (excluding diaryl/α,β-unsaturated/α-hetero) is 1. The summed E-state index contributed by atoms with van der Waals surface area (Å²) in [7, 11) is 2.65. The molecule has 2 aromatic carbocycles. The Morgan fingerprint density at radius 1 is 0.894 bits per heavy atom. The maximum Gasteiger partial charge on any atom is 0.294 e. The molecule has 0 N–H and O–H groups in total. The number of pyridine rings is 3. The van der Waals surface area contributed by atoms with Crippen molar-refractivity contribution >= 4 is 33.1 Å². The summed E-state index contributed by atoms with van der Waals surface area (Å²) in [5.41, 5.74) is 12.1. The van der Waals surface area contributed by atoms with Gasteiger partial charge in [0.1, 0.15) is 17.9 Å². The van der Waals surface area contributed by atoms with Crippen molar-refractivity contribution in [3.8, 4) is 11.1 Å². The van der Waals surface area contributed by atoms with Gasteiger partial charge in [0.15, 0.2) is 12.7 Å². The second-order valence-corrected chi connectivity index (χ2v) is 12.7. The largest absolute Gasteiger partial charge is 0.294 e. The van der Waals surface area contributed by atoms with E-state index in [-0.39, 0.29) is 5.78 Å². The van der Waals surface area contributed by atoms with Crippen LogP contribution in [0.2, 0.25) is 0 Å². The Morgan fingerprint density at radius 3 is 2.26 bits per heavy atom. The standard InChI is InChI=1S/C28H30N3.C8H8NO.C4H10.CH3F/c1-16(2)23-15-18(4)24(21-12-11-19(5)29-20(21)6)25-22-10-8-9-17(3)27(22)31-14-13-30(7)28(31)26(23)25;10-8-4-6-9-5-2-1-3-7(8)9;1-3-4-2;1-2/h8-16H,1-7H3;1-3,5H,4,6H2;3-4H2,1-2H3;1H3/q2*+1;;. The van der Waals surface area contributed by atoms with Crippen LogP contribution in [-0.4, -0.2) is 22.3 Å². The molecule has 1 aliphatic rings. The number of aryl methyl sites for hydroxylation is 6. The van der Waals surface area contributed by atoms with Crippen molar-refractivity contribution < 1.29 is 18.3 Å². The second-order valence-electron chi connectivity index (χ2n) is 12.7. The number of benzene rings is 2. The van der Waals surface area contributed by atoms with E-state index in [1.165, 1.54) is 68.0 Å². The highest BCUT2D eigenvalue weighted by atomic mass is 19.1. The van der Waals surface area contributed by atoms with Gasteiger partial charge in [-0.05, 0) is 68.0 Å². The lowest BCUT2D eigenvalue weighted by Crippen LogP contribution is -2.32. The smallest absolute Gasteiger partial charge is 0.287 e. The number of imidazole rings is 1. The maximum absolute atomic E-state index is 11.0. The Balaban J connectivity index is 0.000000258. The van der Waals surface area contributed by atoms with Crippen molar-refractivity contribution in [3.63, 3.8) is 0 Å². The van der Waals surface area contributed by atoms with E-state index in [1.54, 1.807) is 0 Å². The molecule has 1 aliphatic heterocycles. The first kappa shape index (κ1) is 35.4. The molecule has 0 spiro atoms. The van der Waals surface area contributed by atoms with E-state index in [2.05, 4.69) is 120 Å². The van der Waals surface area contributed by atoms with E-state index in [0.717, 1.165) is 23.6 Å². The summed E-state index contributed by atoms with van der Waals surface area (Å²) in [6.45, 7) is 18.5. The fourth-order valence-electron chi connectivity index (χ4n) is 6.52. The van der Waals surface area contributed by atoms with Crippen LogP contribution in [-0.2, 0) is 13.6 Å². The van der Waals surface area contributed by atoms with E-state index < -0.39 is 0 Å². The van der Waals surface area contributed by atoms with Gasteiger partial charge in [-0.15, -0.1) is 0 Å². The number of carbonyl (C=O) groups is 1. The van der Waals surface area contributed by atoms with Crippen LogP contribution in [0.3, 0.4) is 0 Å². The van der Waals surface area contributed by atoms with Crippen molar-refractivity contribution in [1.82, 2.24) is 9.38 Å². The van der Waals surface area contributed by atoms with Gasteiger partial charge < -0.3 is 0 Å². The number of ketones is 1. The summed E-state index contributed by atoms with van der Waals surface area (Å²) in [6.07, 6.45) is 9.62. The van der Waals surface area contributed by atoms with Crippen LogP contribution in [0.5, 0.6) is 0 Å². The number of nitrogens with zero attached hydrogens (tertiary/aromatic N) is 4. The number of para-hydroxylation sites is 1. The lowest BCUT2D eigenvalue weighted by molar-refractivity contribution is -0.689. The van der Waals surface area contributed by atoms with E-state index in [9.17, 15) is 9.18 Å². The normalized spacial score (nSPS) is 12.0. The molecule has 0 saturated heterocycles. The molecule has 0 radical (unpaired) electrons. The third-order valence-corrected chi connectivity index (χ3v) is 8.95. The number of alkyl halides is 1. The van der Waals surface area contributed by atoms with Gasteiger partial charge in [-0.1, -0.05) is 70.9 Å². The van der Waals surface area contributed by atoms with Crippen molar-refractivity contribution in [2.75, 3.05) is 7.18 Å². The van der Waals surface area contributed by atoms with Crippen molar-refractivity contribution in [2.24, 2.45) is 7.05 Å². The Labute approximate surface area is 279 Å². The van der Waals surface area contributed by atoms with Crippen LogP contribution in [0.4, 0.5) is 4.39 Å². The first-order chi connectivity index (χ1) is 22.6. The molecule has 0 fully saturated rings. The van der Waals surface area contributed by atoms with Gasteiger partial charge in [0, 0.05) is 39.9 Å². The molecule has 0 amide bonds. The zero-order chi connectivity index (χ0) is 34.4. The zero-order valence-corrected chi connectivity index (χ0v) is 29.9. The quantitative estimate of drug-likeness (QED) is 0.144. The van der Waals surface area contributed by atoms with Crippen molar-refractivity contribution in [3.05, 3.63) is 107 Å². The molecule has 0 unspecified atom stereocenters. The Morgan fingerprint density at radius 2 is 1.62 bits per heavy atom. The summed E-state index contributed by atoms with van der Waals surface area (Å²) in [5.74, 6) is 0.689. The number of carbonyl (C=O) groups excluding carboxylic acids is 1. The molecule has 6 heteroatoms. The second kappa shape index (κ2) is 15.4. The number of hydrogen-bond acceptors (Lipinski definition) is 2. The van der Waals surface area contributed by atoms with Crippen LogP contribution >= 0.6 is 0 Å². The van der Waals surface area contributed by atoms with Gasteiger partial charge in [0.05, 0.1) is 26.0 Å². The topological polar surface area (TPSA) is 42.1 Å². The fourth-order valence-corrected chi connectivity index (χ4v) is 6.52. The van der Waals surface area contributed by atoms with Gasteiger partial charge >= 0.3 is 0 Å². The van der Waals surface area contributed by atoms with Gasteiger partial charge in [-0.25, -0.2) is 4.57 Å². The molecule has 7 rings (SSSR count). The number of halogens is 1. The maximum atomic E-state index is 11.0. The van der Waals surface area contributed by atoms with Crippen molar-refractivity contribution in [1.29, 1.82) is 0 Å². The number of fused-ring (bicyclic) bond motifs is 7. The van der Waals surface area contributed by atoms with Gasteiger partial charge in [-0.2, -0.15) is 8.97 Å². The lowest BCUT2D eigenvalue weighted by atomic mass is 9.85. The lowest BCUT2D eigenvalue weighted by Gasteiger charge is -2.20. The number of aromatic nitrogens is 4. The minimum Gasteiger partial charge on any atom is -0.287 e. The molecule has 0 saturated carbocycles. The predicted molar refractivity (Wildman–Crippen MR) is 193 cm³/mol. The molecule has 5 heterocycles. The highest BCUT2D eigenvalue weighted by molar-refractivity contribution is 6.19. The van der Waals surface area contributed by atoms with Crippen LogP contribution < -0.4 is 9.13 Å². The summed E-state index contributed by atoms with van der Waals surface area (Å²) < 4.78 is 16.1. The van der Waals surface area contributed by atoms with Gasteiger partial charge in [-0.3, -0.25) is 14.2 Å². The average molecular weight is 635 g/mol. The third-order valence-electron chi connectivity index (χ3n) is 8.95. The first-order valence-corrected chi connectivity index (χ1v) is 16.8. The SMILES string of the molecule is CCCC.CF.Cc1ccc(-c2c(C)cc(C(C)C)c3c2c2cccc(C)c2n2cc[n+](C)c32)c(C)n1.O=C1CC[n+]2ccccc21. The van der Waals surface area contributed by atoms with Gasteiger partial charge in [0.2, 0.25) is 11.5 Å². The summed E-state index contributed by atoms with van der Waals surface area (Å²) in [4.78, 5) is 15.9. The molecule has 246 valence electrons. The van der Waals surface area contributed by atoms with E-state index in [0.29, 0.717) is 19.5 Å². The highest BCUT2D eigenvalue weighted by Gasteiger charge is 2.27. The molecule has 0 bridgehead atoms. The molecule has 4 aromatic heterocycles. The van der Waals surface area contributed by atoms with Crippen LogP contribution in [0.25, 0.3) is 38.4 Å². The molecular formula is C41H51FN4O+2. The molecule has 6 aromatic rings. The van der Waals surface area contributed by atoms with Gasteiger partial charge in [0.25, 0.3) is 5.65 Å². The average Bonchev–Trinajstić information content (AvgIpc) is 3.64. The highest BCUT2D eigenvalue weighted by Crippen LogP contribution is 2.43. The minimum absolute atomic E-state index is 0.264. The minimum atomic E-state index is 0.264. The van der Waals surface area contributed by atoms with Crippen molar-refractivity contribution in [2.45, 2.75) is 87.1 Å². The molecule has 5 nitrogen and oxygen atoms in total. The summed E-state index contributed by atoms with van der Waals surface area (Å²) in [5, 5.41) is 4.00. The molecule has 0 atom stereocenters. The molecular weight excluding hydrogens is 583 g/mol. The predicted octanol–water partition coefficient (Wildman–Crippen LogP) is 9.44. The Hall–Kier alpha value is -4.45. The number of rotatable bonds is 3. The van der Waals surface area contributed by atoms with E-state index in [1.807, 2.05) is 29.0 Å². The Bertz CT molecular complexity index is 2040. The number of hydrogen-bond donors (Lipinski definition) is 0. The third kappa shape index (κ3) is 6.97. The summed E-state index contributed by atoms with van der Waals surface area (Å²) >= 11 is 0. The summed E-state index contributed by atoms with van der Waals surface area (Å²) in [6, 6.07) is 19.2. The number of unbranched alkanes of at least 4 members (excludes halogenated alkanes) is 1. The van der Waals surface area contributed by atoms with Crippen LogP contribution in [0, 0.1) is 27.7 Å². The Kier molecular flexibility index (Phi) is 11.6.